The van der Waals surface area contributed by atoms with Crippen LogP contribution in [0, 0.1) is 16.1 Å². The number of hydrogen-bond donors (Lipinski definition) is 3. The van der Waals surface area contributed by atoms with Crippen molar-refractivity contribution < 1.29 is 14.2 Å². The van der Waals surface area contributed by atoms with E-state index in [1.165, 1.54) is 14.2 Å². The van der Waals surface area contributed by atoms with Crippen LogP contribution in [0.25, 0.3) is 0 Å². The van der Waals surface area contributed by atoms with Crippen LogP contribution in [0.5, 0.6) is 17.4 Å². The van der Waals surface area contributed by atoms with Crippen LogP contribution in [0.4, 0.5) is 0 Å². The van der Waals surface area contributed by atoms with E-state index in [1.54, 1.807) is 18.2 Å². The number of benzene rings is 1. The predicted octanol–water partition coefficient (Wildman–Crippen LogP) is 1.67. The number of methoxy groups -OCH3 is 2. The highest BCUT2D eigenvalue weighted by atomic mass is 32.1. The van der Waals surface area contributed by atoms with Crippen LogP contribution in [-0.4, -0.2) is 24.2 Å². The summed E-state index contributed by atoms with van der Waals surface area (Å²) in [6.07, 6.45) is 0. The standard InChI is InChI=1S/C16H14N4O4S/c1-22-9-4-3-7(5-10(9)23-2)11-8(6-17)13(18)24-15-12(11)14(21)19-16(25)20-15/h3-5,11H,18H2,1-2H3,(H2,19,20,21,25)/t11-/m0/s1. The average Bonchev–Trinajstić information content (AvgIpc) is 2.59. The molecule has 2 aromatic rings. The number of hydrogen-bond acceptors (Lipinski definition) is 7. The van der Waals surface area contributed by atoms with Crippen LogP contribution in [0.3, 0.4) is 0 Å². The van der Waals surface area contributed by atoms with Gasteiger partial charge in [0.15, 0.2) is 16.3 Å². The Bertz CT molecular complexity index is 1030. The van der Waals surface area contributed by atoms with E-state index in [-0.39, 0.29) is 27.7 Å². The molecule has 0 unspecified atom stereocenters. The summed E-state index contributed by atoms with van der Waals surface area (Å²) in [5.74, 6) is 0.278. The van der Waals surface area contributed by atoms with E-state index in [1.807, 2.05) is 6.07 Å². The molecular weight excluding hydrogens is 344 g/mol. The minimum Gasteiger partial charge on any atom is -0.493 e. The Morgan fingerprint density at radius 2 is 2.00 bits per heavy atom. The van der Waals surface area contributed by atoms with Crippen molar-refractivity contribution in [2.75, 3.05) is 14.2 Å². The molecule has 0 spiro atoms. The number of nitriles is 1. The third-order valence-corrected chi connectivity index (χ3v) is 4.06. The minimum atomic E-state index is -0.732. The molecule has 1 aliphatic heterocycles. The molecular formula is C16H14N4O4S. The van der Waals surface area contributed by atoms with Gasteiger partial charge in [-0.2, -0.15) is 5.26 Å². The lowest BCUT2D eigenvalue weighted by molar-refractivity contribution is 0.353. The van der Waals surface area contributed by atoms with Gasteiger partial charge < -0.3 is 24.9 Å². The molecule has 3 rings (SSSR count). The number of aromatic amines is 2. The van der Waals surface area contributed by atoms with Crippen molar-refractivity contribution in [3.63, 3.8) is 0 Å². The first-order valence-electron chi connectivity index (χ1n) is 7.16. The summed E-state index contributed by atoms with van der Waals surface area (Å²) in [4.78, 5) is 17.7. The van der Waals surface area contributed by atoms with Gasteiger partial charge in [-0.25, -0.2) is 0 Å². The lowest BCUT2D eigenvalue weighted by Crippen LogP contribution is -2.28. The maximum atomic E-state index is 12.5. The molecule has 0 fully saturated rings. The van der Waals surface area contributed by atoms with Gasteiger partial charge in [0.2, 0.25) is 11.8 Å². The minimum absolute atomic E-state index is 0.0916. The van der Waals surface area contributed by atoms with Crippen molar-refractivity contribution in [2.45, 2.75) is 5.92 Å². The summed E-state index contributed by atoms with van der Waals surface area (Å²) in [6, 6.07) is 7.12. The summed E-state index contributed by atoms with van der Waals surface area (Å²) in [5.41, 5.74) is 6.37. The Morgan fingerprint density at radius 3 is 2.64 bits per heavy atom. The number of rotatable bonds is 3. The molecule has 0 aliphatic carbocycles. The molecule has 0 bridgehead atoms. The molecule has 9 heteroatoms. The van der Waals surface area contributed by atoms with Gasteiger partial charge in [-0.15, -0.1) is 0 Å². The van der Waals surface area contributed by atoms with Crippen LogP contribution in [0.2, 0.25) is 0 Å². The number of ether oxygens (including phenoxy) is 3. The van der Waals surface area contributed by atoms with Crippen molar-refractivity contribution in [1.82, 2.24) is 9.97 Å². The molecule has 1 aliphatic rings. The van der Waals surface area contributed by atoms with Gasteiger partial charge in [0.05, 0.1) is 25.7 Å². The van der Waals surface area contributed by atoms with Crippen LogP contribution >= 0.6 is 12.2 Å². The second kappa shape index (κ2) is 6.33. The number of allylic oxidation sites excluding steroid dienone is 1. The Morgan fingerprint density at radius 1 is 1.28 bits per heavy atom. The first-order chi connectivity index (χ1) is 12.0. The summed E-state index contributed by atoms with van der Waals surface area (Å²) < 4.78 is 16.0. The zero-order valence-electron chi connectivity index (χ0n) is 13.4. The molecule has 4 N–H and O–H groups in total. The first-order valence-corrected chi connectivity index (χ1v) is 7.57. The Hall–Kier alpha value is -3.25. The zero-order valence-corrected chi connectivity index (χ0v) is 14.2. The van der Waals surface area contributed by atoms with Gasteiger partial charge in [0, 0.05) is 0 Å². The molecule has 0 amide bonds. The second-order valence-electron chi connectivity index (χ2n) is 5.19. The van der Waals surface area contributed by atoms with E-state index in [9.17, 15) is 10.1 Å². The van der Waals surface area contributed by atoms with Crippen LogP contribution in [-0.2, 0) is 0 Å². The van der Waals surface area contributed by atoms with Crippen molar-refractivity contribution in [3.05, 3.63) is 55.9 Å². The van der Waals surface area contributed by atoms with Crippen molar-refractivity contribution >= 4 is 12.2 Å². The normalized spacial score (nSPS) is 15.8. The molecule has 128 valence electrons. The quantitative estimate of drug-likeness (QED) is 0.712. The van der Waals surface area contributed by atoms with E-state index in [4.69, 9.17) is 32.2 Å². The molecule has 0 saturated heterocycles. The SMILES string of the molecule is COc1ccc([C@H]2C(C#N)=C(N)Oc3[nH]c(=S)[nH]c(=O)c32)cc1OC. The number of nitrogens with one attached hydrogen (secondary N) is 2. The Balaban J connectivity index is 2.29. The smallest absolute Gasteiger partial charge is 0.259 e. The maximum absolute atomic E-state index is 12.5. The third-order valence-electron chi connectivity index (χ3n) is 3.86. The number of nitrogens with two attached hydrogens (primary N) is 1. The van der Waals surface area contributed by atoms with E-state index in [0.29, 0.717) is 17.1 Å². The number of nitrogens with zero attached hydrogens (tertiary/aromatic N) is 1. The monoisotopic (exact) mass is 358 g/mol. The van der Waals surface area contributed by atoms with Crippen LogP contribution < -0.4 is 25.5 Å². The van der Waals surface area contributed by atoms with Gasteiger partial charge in [-0.05, 0) is 29.9 Å². The summed E-state index contributed by atoms with van der Waals surface area (Å²) in [5, 5.41) is 9.52. The van der Waals surface area contributed by atoms with Crippen molar-refractivity contribution in [3.8, 4) is 23.4 Å². The van der Waals surface area contributed by atoms with Gasteiger partial charge in [0.1, 0.15) is 11.6 Å². The van der Waals surface area contributed by atoms with Crippen LogP contribution in [0.15, 0.2) is 34.4 Å². The summed E-state index contributed by atoms with van der Waals surface area (Å²) in [6.45, 7) is 0. The number of fused-ring (bicyclic) bond motifs is 1. The van der Waals surface area contributed by atoms with Gasteiger partial charge >= 0.3 is 0 Å². The topological polar surface area (TPSA) is 126 Å². The lowest BCUT2D eigenvalue weighted by Gasteiger charge is -2.25. The highest BCUT2D eigenvalue weighted by Crippen LogP contribution is 2.41. The van der Waals surface area contributed by atoms with E-state index in [2.05, 4.69) is 9.97 Å². The molecule has 1 atom stereocenters. The zero-order chi connectivity index (χ0) is 18.1. The molecule has 8 nitrogen and oxygen atoms in total. The second-order valence-corrected chi connectivity index (χ2v) is 5.60. The molecule has 2 heterocycles. The third kappa shape index (κ3) is 2.72. The molecule has 1 aromatic heterocycles. The highest BCUT2D eigenvalue weighted by molar-refractivity contribution is 7.71. The Kier molecular flexibility index (Phi) is 4.21. The van der Waals surface area contributed by atoms with Gasteiger partial charge in [0.25, 0.3) is 5.56 Å². The fourth-order valence-corrected chi connectivity index (χ4v) is 2.94. The molecule has 0 radical (unpaired) electrons. The van der Waals surface area contributed by atoms with Crippen molar-refractivity contribution in [2.24, 2.45) is 5.73 Å². The molecule has 0 saturated carbocycles. The first kappa shape index (κ1) is 16.6. The van der Waals surface area contributed by atoms with E-state index < -0.39 is 11.5 Å². The Labute approximate surface area is 147 Å². The highest BCUT2D eigenvalue weighted by Gasteiger charge is 2.34. The van der Waals surface area contributed by atoms with E-state index in [0.717, 1.165) is 0 Å². The van der Waals surface area contributed by atoms with Crippen LogP contribution in [0.1, 0.15) is 17.0 Å². The number of H-pyrrole nitrogens is 2. The lowest BCUT2D eigenvalue weighted by atomic mass is 9.85. The van der Waals surface area contributed by atoms with Gasteiger partial charge in [-0.1, -0.05) is 6.07 Å². The van der Waals surface area contributed by atoms with E-state index >= 15 is 0 Å². The fourth-order valence-electron chi connectivity index (χ4n) is 2.75. The maximum Gasteiger partial charge on any atom is 0.259 e. The fraction of sp³-hybridized carbons (Fsp3) is 0.188. The average molecular weight is 358 g/mol. The summed E-state index contributed by atoms with van der Waals surface area (Å²) in [7, 11) is 3.02. The summed E-state index contributed by atoms with van der Waals surface area (Å²) >= 11 is 4.96. The number of aromatic nitrogens is 2. The molecule has 1 aromatic carbocycles. The van der Waals surface area contributed by atoms with Crippen molar-refractivity contribution in [1.29, 1.82) is 5.26 Å². The predicted molar refractivity (Wildman–Crippen MR) is 91.1 cm³/mol. The van der Waals surface area contributed by atoms with Gasteiger partial charge in [-0.3, -0.25) is 9.78 Å². The largest absolute Gasteiger partial charge is 0.493 e. The molecule has 25 heavy (non-hydrogen) atoms.